The molecule has 0 aliphatic carbocycles. The van der Waals surface area contributed by atoms with Gasteiger partial charge in [-0.15, -0.1) is 0 Å². The van der Waals surface area contributed by atoms with Gasteiger partial charge < -0.3 is 9.67 Å². The Morgan fingerprint density at radius 3 is 1.69 bits per heavy atom. The molecule has 0 saturated carbocycles. The summed E-state index contributed by atoms with van der Waals surface area (Å²) in [7, 11) is 0. The SMILES string of the molecule is OCCn1c(-c2ccccc2)nc(-c2ccccc2)c1-c1ccccc1. The van der Waals surface area contributed by atoms with Crippen LogP contribution < -0.4 is 0 Å². The zero-order valence-corrected chi connectivity index (χ0v) is 14.4. The van der Waals surface area contributed by atoms with Gasteiger partial charge >= 0.3 is 0 Å². The number of rotatable bonds is 5. The largest absolute Gasteiger partial charge is 0.395 e. The Morgan fingerprint density at radius 1 is 0.654 bits per heavy atom. The summed E-state index contributed by atoms with van der Waals surface area (Å²) in [4.78, 5) is 5.00. The molecule has 1 N–H and O–H groups in total. The summed E-state index contributed by atoms with van der Waals surface area (Å²) in [5.74, 6) is 0.873. The van der Waals surface area contributed by atoms with Gasteiger partial charge in [-0.25, -0.2) is 4.98 Å². The van der Waals surface area contributed by atoms with E-state index in [4.69, 9.17) is 4.98 Å². The average Bonchev–Trinajstić information content (AvgIpc) is 3.10. The van der Waals surface area contributed by atoms with Crippen LogP contribution in [0.4, 0.5) is 0 Å². The molecular formula is C23H20N2O. The van der Waals surface area contributed by atoms with Gasteiger partial charge in [0.25, 0.3) is 0 Å². The molecule has 4 aromatic rings. The molecule has 3 aromatic carbocycles. The second kappa shape index (κ2) is 7.38. The molecule has 0 bridgehead atoms. The Kier molecular flexibility index (Phi) is 4.63. The van der Waals surface area contributed by atoms with E-state index in [-0.39, 0.29) is 6.61 Å². The molecule has 1 aromatic heterocycles. The van der Waals surface area contributed by atoms with Crippen molar-refractivity contribution >= 4 is 0 Å². The Labute approximate surface area is 153 Å². The van der Waals surface area contributed by atoms with Crippen LogP contribution in [0.25, 0.3) is 33.9 Å². The van der Waals surface area contributed by atoms with Crippen molar-refractivity contribution in [2.45, 2.75) is 6.54 Å². The number of aliphatic hydroxyl groups is 1. The highest BCUT2D eigenvalue weighted by molar-refractivity contribution is 5.82. The highest BCUT2D eigenvalue weighted by Crippen LogP contribution is 2.36. The van der Waals surface area contributed by atoms with E-state index in [0.29, 0.717) is 6.54 Å². The molecule has 26 heavy (non-hydrogen) atoms. The predicted molar refractivity (Wildman–Crippen MR) is 106 cm³/mol. The molecule has 1 heterocycles. The summed E-state index contributed by atoms with van der Waals surface area (Å²) < 4.78 is 2.12. The Morgan fingerprint density at radius 2 is 1.15 bits per heavy atom. The first kappa shape index (κ1) is 16.3. The topological polar surface area (TPSA) is 38.0 Å². The van der Waals surface area contributed by atoms with Gasteiger partial charge in [-0.1, -0.05) is 91.0 Å². The van der Waals surface area contributed by atoms with E-state index in [1.807, 2.05) is 54.6 Å². The van der Waals surface area contributed by atoms with E-state index >= 15 is 0 Å². The Bertz CT molecular complexity index is 977. The van der Waals surface area contributed by atoms with E-state index in [2.05, 4.69) is 41.0 Å². The highest BCUT2D eigenvalue weighted by atomic mass is 16.3. The maximum absolute atomic E-state index is 9.69. The average molecular weight is 340 g/mol. The minimum atomic E-state index is 0.0598. The third-order valence-electron chi connectivity index (χ3n) is 4.42. The summed E-state index contributed by atoms with van der Waals surface area (Å²) in [5, 5.41) is 9.69. The fraction of sp³-hybridized carbons (Fsp3) is 0.0870. The van der Waals surface area contributed by atoms with E-state index in [9.17, 15) is 5.11 Å². The molecule has 0 aliphatic rings. The molecule has 0 aliphatic heterocycles. The van der Waals surface area contributed by atoms with Gasteiger partial charge in [-0.2, -0.15) is 0 Å². The van der Waals surface area contributed by atoms with Gasteiger partial charge in [0.2, 0.25) is 0 Å². The van der Waals surface area contributed by atoms with Crippen molar-refractivity contribution in [2.75, 3.05) is 6.61 Å². The van der Waals surface area contributed by atoms with E-state index in [1.54, 1.807) is 0 Å². The first-order valence-electron chi connectivity index (χ1n) is 8.76. The minimum absolute atomic E-state index is 0.0598. The molecule has 3 nitrogen and oxygen atoms in total. The minimum Gasteiger partial charge on any atom is -0.395 e. The number of hydrogen-bond donors (Lipinski definition) is 1. The quantitative estimate of drug-likeness (QED) is 0.562. The smallest absolute Gasteiger partial charge is 0.141 e. The first-order chi connectivity index (χ1) is 12.9. The van der Waals surface area contributed by atoms with Crippen LogP contribution in [0.1, 0.15) is 0 Å². The molecule has 0 radical (unpaired) electrons. The number of aliphatic hydroxyl groups excluding tert-OH is 1. The molecule has 0 amide bonds. The lowest BCUT2D eigenvalue weighted by atomic mass is 10.0. The lowest BCUT2D eigenvalue weighted by Crippen LogP contribution is -2.06. The summed E-state index contributed by atoms with van der Waals surface area (Å²) >= 11 is 0. The molecule has 0 saturated heterocycles. The first-order valence-corrected chi connectivity index (χ1v) is 8.76. The molecule has 4 rings (SSSR count). The third-order valence-corrected chi connectivity index (χ3v) is 4.42. The van der Waals surface area contributed by atoms with Crippen molar-refractivity contribution in [3.05, 3.63) is 91.0 Å². The molecular weight excluding hydrogens is 320 g/mol. The molecule has 3 heteroatoms. The maximum Gasteiger partial charge on any atom is 0.141 e. The second-order valence-electron chi connectivity index (χ2n) is 6.11. The molecule has 0 atom stereocenters. The normalized spacial score (nSPS) is 10.8. The van der Waals surface area contributed by atoms with Gasteiger partial charge in [0.15, 0.2) is 0 Å². The fourth-order valence-corrected chi connectivity index (χ4v) is 3.26. The predicted octanol–water partition coefficient (Wildman–Crippen LogP) is 4.88. The number of imidazole rings is 1. The number of hydrogen-bond acceptors (Lipinski definition) is 2. The van der Waals surface area contributed by atoms with Crippen LogP contribution in [0.2, 0.25) is 0 Å². The third kappa shape index (κ3) is 3.05. The van der Waals surface area contributed by atoms with Crippen LogP contribution in [-0.4, -0.2) is 21.3 Å². The van der Waals surface area contributed by atoms with E-state index < -0.39 is 0 Å². The van der Waals surface area contributed by atoms with Gasteiger partial charge in [0.05, 0.1) is 18.0 Å². The van der Waals surface area contributed by atoms with Gasteiger partial charge in [0.1, 0.15) is 5.82 Å². The zero-order valence-electron chi connectivity index (χ0n) is 14.4. The van der Waals surface area contributed by atoms with Crippen LogP contribution in [0, 0.1) is 0 Å². The summed E-state index contributed by atoms with van der Waals surface area (Å²) in [5.41, 5.74) is 5.17. The Hall–Kier alpha value is -3.17. The van der Waals surface area contributed by atoms with Crippen LogP contribution in [0.5, 0.6) is 0 Å². The van der Waals surface area contributed by atoms with Gasteiger partial charge in [-0.3, -0.25) is 0 Å². The van der Waals surface area contributed by atoms with Crippen LogP contribution >= 0.6 is 0 Å². The summed E-state index contributed by atoms with van der Waals surface area (Å²) in [6, 6.07) is 30.6. The fourth-order valence-electron chi connectivity index (χ4n) is 3.26. The summed E-state index contributed by atoms with van der Waals surface area (Å²) in [6.45, 7) is 0.554. The maximum atomic E-state index is 9.69. The highest BCUT2D eigenvalue weighted by Gasteiger charge is 2.20. The van der Waals surface area contributed by atoms with Crippen molar-refractivity contribution in [3.63, 3.8) is 0 Å². The van der Waals surface area contributed by atoms with E-state index in [1.165, 1.54) is 0 Å². The second-order valence-corrected chi connectivity index (χ2v) is 6.11. The van der Waals surface area contributed by atoms with Gasteiger partial charge in [0, 0.05) is 23.2 Å². The molecule has 128 valence electrons. The number of nitrogens with zero attached hydrogens (tertiary/aromatic N) is 2. The van der Waals surface area contributed by atoms with Crippen molar-refractivity contribution in [1.82, 2.24) is 9.55 Å². The van der Waals surface area contributed by atoms with E-state index in [0.717, 1.165) is 33.9 Å². The summed E-state index contributed by atoms with van der Waals surface area (Å²) in [6.07, 6.45) is 0. The number of aromatic nitrogens is 2. The van der Waals surface area contributed by atoms with Crippen molar-refractivity contribution in [3.8, 4) is 33.9 Å². The molecule has 0 unspecified atom stereocenters. The van der Waals surface area contributed by atoms with Crippen molar-refractivity contribution in [1.29, 1.82) is 0 Å². The Balaban J connectivity index is 2.02. The monoisotopic (exact) mass is 340 g/mol. The zero-order chi connectivity index (χ0) is 17.8. The standard InChI is InChI=1S/C23H20N2O/c26-17-16-25-22(19-12-6-2-7-13-19)21(18-10-4-1-5-11-18)24-23(25)20-14-8-3-9-15-20/h1-15,26H,16-17H2. The van der Waals surface area contributed by atoms with Crippen LogP contribution in [0.15, 0.2) is 91.0 Å². The van der Waals surface area contributed by atoms with Gasteiger partial charge in [-0.05, 0) is 0 Å². The van der Waals surface area contributed by atoms with Crippen molar-refractivity contribution in [2.24, 2.45) is 0 Å². The molecule has 0 spiro atoms. The molecule has 0 fully saturated rings. The van der Waals surface area contributed by atoms with Crippen molar-refractivity contribution < 1.29 is 5.11 Å². The number of benzene rings is 3. The lowest BCUT2D eigenvalue weighted by molar-refractivity contribution is 0.277. The van der Waals surface area contributed by atoms with Crippen LogP contribution in [0.3, 0.4) is 0 Å². The van der Waals surface area contributed by atoms with Crippen LogP contribution in [-0.2, 0) is 6.54 Å². The lowest BCUT2D eigenvalue weighted by Gasteiger charge is -2.12.